The summed E-state index contributed by atoms with van der Waals surface area (Å²) in [6, 6.07) is 19.6. The van der Waals surface area contributed by atoms with Crippen LogP contribution in [0, 0.1) is 7.14 Å². The molecule has 0 fully saturated rings. The Morgan fingerprint density at radius 2 is 1.71 bits per heavy atom. The first-order valence-corrected chi connectivity index (χ1v) is 16.9. The van der Waals surface area contributed by atoms with Gasteiger partial charge in [0.2, 0.25) is 0 Å². The molecule has 1 aromatic heterocycles. The number of hydrogen-bond acceptors (Lipinski definition) is 9. The van der Waals surface area contributed by atoms with E-state index in [1.165, 1.54) is 15.9 Å². The van der Waals surface area contributed by atoms with Crippen molar-refractivity contribution in [3.8, 4) is 11.5 Å². The zero-order valence-corrected chi connectivity index (χ0v) is 29.7. The summed E-state index contributed by atoms with van der Waals surface area (Å²) < 4.78 is 25.4. The number of rotatable bonds is 10. The van der Waals surface area contributed by atoms with Gasteiger partial charge < -0.3 is 18.9 Å². The molecule has 2 heterocycles. The molecule has 0 bridgehead atoms. The van der Waals surface area contributed by atoms with E-state index >= 15 is 0 Å². The molecule has 0 saturated carbocycles. The van der Waals surface area contributed by atoms with E-state index in [4.69, 9.17) is 23.9 Å². The number of esters is 2. The van der Waals surface area contributed by atoms with Gasteiger partial charge in [-0.25, -0.2) is 14.6 Å². The zero-order chi connectivity index (χ0) is 32.1. The first-order valence-electron chi connectivity index (χ1n) is 14.0. The molecule has 232 valence electrons. The number of aromatic nitrogens is 1. The van der Waals surface area contributed by atoms with Crippen molar-refractivity contribution in [2.24, 2.45) is 4.99 Å². The lowest BCUT2D eigenvalue weighted by Gasteiger charge is -2.26. The van der Waals surface area contributed by atoms with Crippen LogP contribution in [0.2, 0.25) is 0 Å². The van der Waals surface area contributed by atoms with E-state index < -0.39 is 18.0 Å². The van der Waals surface area contributed by atoms with Crippen LogP contribution in [0.25, 0.3) is 11.8 Å². The van der Waals surface area contributed by atoms with E-state index in [9.17, 15) is 14.4 Å². The second kappa shape index (κ2) is 14.7. The molecule has 4 aromatic rings. The molecule has 0 aliphatic carbocycles. The Labute approximate surface area is 290 Å². The van der Waals surface area contributed by atoms with E-state index in [-0.39, 0.29) is 31.0 Å². The van der Waals surface area contributed by atoms with Crippen molar-refractivity contribution in [3.05, 3.63) is 116 Å². The fraction of sp³-hybridized carbons (Fsp3) is 0.212. The number of halogens is 2. The van der Waals surface area contributed by atoms with Gasteiger partial charge in [-0.1, -0.05) is 53.8 Å². The Balaban J connectivity index is 1.76. The molecule has 1 atom stereocenters. The van der Waals surface area contributed by atoms with Gasteiger partial charge in [-0.3, -0.25) is 9.36 Å². The normalized spacial score (nSPS) is 14.4. The lowest BCUT2D eigenvalue weighted by Crippen LogP contribution is -2.40. The van der Waals surface area contributed by atoms with Crippen LogP contribution >= 0.6 is 56.5 Å². The minimum absolute atomic E-state index is 0.157. The van der Waals surface area contributed by atoms with Crippen LogP contribution in [-0.2, 0) is 19.1 Å². The lowest BCUT2D eigenvalue weighted by molar-refractivity contribution is -0.145. The van der Waals surface area contributed by atoms with E-state index in [1.54, 1.807) is 39.2 Å². The summed E-state index contributed by atoms with van der Waals surface area (Å²) in [5, 5.41) is 0. The van der Waals surface area contributed by atoms with Crippen LogP contribution in [0.3, 0.4) is 0 Å². The van der Waals surface area contributed by atoms with Gasteiger partial charge >= 0.3 is 11.9 Å². The monoisotopic (exact) mass is 850 g/mol. The number of carbonyl (C=O) groups is 2. The Morgan fingerprint density at radius 1 is 1.00 bits per heavy atom. The van der Waals surface area contributed by atoms with Crippen molar-refractivity contribution < 1.29 is 28.5 Å². The summed E-state index contributed by atoms with van der Waals surface area (Å²) in [5.74, 6) is 0.0483. The van der Waals surface area contributed by atoms with Crippen molar-refractivity contribution in [3.63, 3.8) is 0 Å². The van der Waals surface area contributed by atoms with Gasteiger partial charge in [0.25, 0.3) is 5.56 Å². The number of fused-ring (bicyclic) bond motifs is 1. The minimum Gasteiger partial charge on any atom is -0.497 e. The highest BCUT2D eigenvalue weighted by atomic mass is 127. The van der Waals surface area contributed by atoms with Crippen LogP contribution in [0.15, 0.2) is 82.1 Å². The average Bonchev–Trinajstić information content (AvgIpc) is 3.34. The average molecular weight is 850 g/mol. The Kier molecular flexibility index (Phi) is 10.8. The molecule has 0 spiro atoms. The van der Waals surface area contributed by atoms with Crippen LogP contribution in [0.5, 0.6) is 11.5 Å². The molecule has 5 rings (SSSR count). The summed E-state index contributed by atoms with van der Waals surface area (Å²) in [5.41, 5.74) is 2.39. The third kappa shape index (κ3) is 7.17. The topological polar surface area (TPSA) is 105 Å². The molecule has 45 heavy (non-hydrogen) atoms. The maximum Gasteiger partial charge on any atom is 0.344 e. The van der Waals surface area contributed by atoms with E-state index in [1.807, 2.05) is 54.6 Å². The third-order valence-electron chi connectivity index (χ3n) is 6.77. The molecule has 1 aliphatic heterocycles. The highest BCUT2D eigenvalue weighted by Crippen LogP contribution is 2.36. The SMILES string of the molecule is CCOC(=O)COc1c(I)cc(I)cc1/C=c1\sc2n(c1=O)[C@@H](c1ccc(OC)cc1)C(C(=O)OCC)=C(c1ccccc1)N=2. The van der Waals surface area contributed by atoms with Crippen molar-refractivity contribution in [1.29, 1.82) is 0 Å². The fourth-order valence-electron chi connectivity index (χ4n) is 4.86. The van der Waals surface area contributed by atoms with Crippen molar-refractivity contribution in [2.75, 3.05) is 26.9 Å². The number of hydrogen-bond donors (Lipinski definition) is 0. The molecule has 0 N–H and O–H groups in total. The predicted molar refractivity (Wildman–Crippen MR) is 188 cm³/mol. The Bertz CT molecular complexity index is 1950. The third-order valence-corrected chi connectivity index (χ3v) is 9.18. The van der Waals surface area contributed by atoms with Gasteiger partial charge in [-0.15, -0.1) is 0 Å². The Morgan fingerprint density at radius 3 is 2.38 bits per heavy atom. The molecule has 0 unspecified atom stereocenters. The van der Waals surface area contributed by atoms with Crippen molar-refractivity contribution >= 4 is 80.2 Å². The standard InChI is InChI=1S/C33H28I2N2O7S/c1-4-42-26(38)18-44-30-21(15-22(34)17-24(30)35)16-25-31(39)37-29(20-11-13-23(41-3)14-12-20)27(32(40)43-5-2)28(36-33(37)45-25)19-9-7-6-8-10-19/h6-17,29H,4-5,18H2,1-3H3/b25-16-/t29-/m0/s1. The first-order chi connectivity index (χ1) is 21.7. The molecule has 9 nitrogen and oxygen atoms in total. The maximum atomic E-state index is 14.3. The van der Waals surface area contributed by atoms with Crippen molar-refractivity contribution in [1.82, 2.24) is 4.57 Å². The summed E-state index contributed by atoms with van der Waals surface area (Å²) >= 11 is 5.54. The molecular formula is C33H28I2N2O7S. The summed E-state index contributed by atoms with van der Waals surface area (Å²) in [6.07, 6.45) is 1.73. The van der Waals surface area contributed by atoms with Crippen LogP contribution in [-0.4, -0.2) is 43.4 Å². The smallest absolute Gasteiger partial charge is 0.344 e. The number of ether oxygens (including phenoxy) is 4. The maximum absolute atomic E-state index is 14.3. The quantitative estimate of drug-likeness (QED) is 0.162. The number of carbonyl (C=O) groups excluding carboxylic acids is 2. The molecule has 0 saturated heterocycles. The summed E-state index contributed by atoms with van der Waals surface area (Å²) in [4.78, 5) is 45.3. The largest absolute Gasteiger partial charge is 0.497 e. The minimum atomic E-state index is -0.820. The van der Waals surface area contributed by atoms with Gasteiger partial charge in [-0.05, 0) is 94.9 Å². The lowest BCUT2D eigenvalue weighted by atomic mass is 9.93. The second-order valence-electron chi connectivity index (χ2n) is 9.60. The van der Waals surface area contributed by atoms with Gasteiger partial charge in [0.05, 0.1) is 45.7 Å². The van der Waals surface area contributed by atoms with Crippen molar-refractivity contribution in [2.45, 2.75) is 19.9 Å². The molecule has 12 heteroatoms. The van der Waals surface area contributed by atoms with Crippen LogP contribution in [0.4, 0.5) is 0 Å². The number of methoxy groups -OCH3 is 1. The number of nitrogens with zero attached hydrogens (tertiary/aromatic N) is 2. The summed E-state index contributed by atoms with van der Waals surface area (Å²) in [6.45, 7) is 3.60. The van der Waals surface area contributed by atoms with Gasteiger partial charge in [0.15, 0.2) is 11.4 Å². The van der Waals surface area contributed by atoms with E-state index in [2.05, 4.69) is 45.2 Å². The van der Waals surface area contributed by atoms with Gasteiger partial charge in [0.1, 0.15) is 11.5 Å². The van der Waals surface area contributed by atoms with Gasteiger partial charge in [0, 0.05) is 14.7 Å². The molecular weight excluding hydrogens is 822 g/mol. The highest BCUT2D eigenvalue weighted by Gasteiger charge is 2.35. The molecule has 1 aliphatic rings. The number of thiazole rings is 1. The van der Waals surface area contributed by atoms with Crippen LogP contribution < -0.4 is 24.4 Å². The molecule has 3 aromatic carbocycles. The Hall–Kier alpha value is -3.50. The first kappa shape index (κ1) is 32.9. The summed E-state index contributed by atoms with van der Waals surface area (Å²) in [7, 11) is 1.58. The zero-order valence-electron chi connectivity index (χ0n) is 24.5. The molecule has 0 radical (unpaired) electrons. The van der Waals surface area contributed by atoms with Gasteiger partial charge in [-0.2, -0.15) is 0 Å². The van der Waals surface area contributed by atoms with E-state index in [0.717, 1.165) is 12.7 Å². The second-order valence-corrected chi connectivity index (χ2v) is 13.0. The van der Waals surface area contributed by atoms with E-state index in [0.29, 0.717) is 37.7 Å². The predicted octanol–water partition coefficient (Wildman–Crippen LogP) is 5.10. The fourth-order valence-corrected chi connectivity index (χ4v) is 7.89. The number of benzene rings is 3. The molecule has 0 amide bonds. The highest BCUT2D eigenvalue weighted by molar-refractivity contribution is 14.1. The van der Waals surface area contributed by atoms with Crippen LogP contribution in [0.1, 0.15) is 36.6 Å².